The lowest BCUT2D eigenvalue weighted by atomic mass is 9.87. The molecule has 1 aromatic rings. The van der Waals surface area contributed by atoms with Gasteiger partial charge in [-0.15, -0.1) is 0 Å². The number of amides is 1. The van der Waals surface area contributed by atoms with E-state index in [1.807, 2.05) is 20.9 Å². The van der Waals surface area contributed by atoms with Gasteiger partial charge in [0.05, 0.1) is 5.92 Å². The van der Waals surface area contributed by atoms with Gasteiger partial charge in [-0.25, -0.2) is 4.39 Å². The van der Waals surface area contributed by atoms with Gasteiger partial charge in [-0.3, -0.25) is 4.79 Å². The maximum atomic E-state index is 13.0. The number of hydrogen-bond acceptors (Lipinski definition) is 1. The van der Waals surface area contributed by atoms with E-state index in [2.05, 4.69) is 6.92 Å². The number of nitrogens with zero attached hydrogens (tertiary/aromatic N) is 1. The van der Waals surface area contributed by atoms with Gasteiger partial charge in [-0.1, -0.05) is 39.3 Å². The van der Waals surface area contributed by atoms with Crippen LogP contribution in [-0.4, -0.2) is 24.4 Å². The summed E-state index contributed by atoms with van der Waals surface area (Å²) in [5.41, 5.74) is 0.893. The van der Waals surface area contributed by atoms with Crippen LogP contribution >= 0.6 is 0 Å². The van der Waals surface area contributed by atoms with E-state index in [0.717, 1.165) is 24.9 Å². The van der Waals surface area contributed by atoms with Crippen molar-refractivity contribution in [2.24, 2.45) is 5.92 Å². The molecule has 0 N–H and O–H groups in total. The minimum absolute atomic E-state index is 0.120. The molecular formula is C16H24FNO. The first-order valence-corrected chi connectivity index (χ1v) is 6.97. The van der Waals surface area contributed by atoms with Gasteiger partial charge in [-0.05, 0) is 30.0 Å². The Morgan fingerprint density at radius 1 is 1.26 bits per heavy atom. The smallest absolute Gasteiger partial charge is 0.230 e. The molecule has 1 unspecified atom stereocenters. The molecule has 1 atom stereocenters. The average molecular weight is 265 g/mol. The predicted molar refractivity (Wildman–Crippen MR) is 76.5 cm³/mol. The Labute approximate surface area is 115 Å². The highest BCUT2D eigenvalue weighted by Crippen LogP contribution is 2.26. The van der Waals surface area contributed by atoms with Crippen molar-refractivity contribution in [1.29, 1.82) is 0 Å². The molecule has 0 bridgehead atoms. The fraction of sp³-hybridized carbons (Fsp3) is 0.562. The van der Waals surface area contributed by atoms with E-state index in [1.54, 1.807) is 17.0 Å². The first-order valence-electron chi connectivity index (χ1n) is 6.97. The lowest BCUT2D eigenvalue weighted by molar-refractivity contribution is -0.132. The standard InChI is InChI=1S/C16H24FNO/c1-5-6-11-18(4)16(19)15(12(2)3)13-7-9-14(17)10-8-13/h7-10,12,15H,5-6,11H2,1-4H3. The minimum atomic E-state index is -0.266. The molecule has 3 heteroatoms. The molecule has 2 nitrogen and oxygen atoms in total. The fourth-order valence-electron chi connectivity index (χ4n) is 2.23. The van der Waals surface area contributed by atoms with Crippen LogP contribution in [0.15, 0.2) is 24.3 Å². The van der Waals surface area contributed by atoms with Crippen LogP contribution in [0.3, 0.4) is 0 Å². The Bertz CT molecular complexity index is 400. The van der Waals surface area contributed by atoms with E-state index in [1.165, 1.54) is 12.1 Å². The monoisotopic (exact) mass is 265 g/mol. The summed E-state index contributed by atoms with van der Waals surface area (Å²) in [6, 6.07) is 6.27. The molecule has 0 aliphatic carbocycles. The van der Waals surface area contributed by atoms with Crippen molar-refractivity contribution in [1.82, 2.24) is 4.90 Å². The van der Waals surface area contributed by atoms with Crippen LogP contribution in [-0.2, 0) is 4.79 Å². The predicted octanol–water partition coefficient (Wildman–Crippen LogP) is 3.82. The van der Waals surface area contributed by atoms with Crippen LogP contribution < -0.4 is 0 Å². The molecule has 0 heterocycles. The molecule has 0 fully saturated rings. The van der Waals surface area contributed by atoms with E-state index in [4.69, 9.17) is 0 Å². The largest absolute Gasteiger partial charge is 0.345 e. The van der Waals surface area contributed by atoms with Crippen molar-refractivity contribution in [2.45, 2.75) is 39.5 Å². The summed E-state index contributed by atoms with van der Waals surface area (Å²) in [5.74, 6) is -0.141. The SMILES string of the molecule is CCCCN(C)C(=O)C(c1ccc(F)cc1)C(C)C. The lowest BCUT2D eigenvalue weighted by Crippen LogP contribution is -2.34. The van der Waals surface area contributed by atoms with Gasteiger partial charge in [0.1, 0.15) is 5.82 Å². The average Bonchev–Trinajstić information content (AvgIpc) is 2.38. The number of unbranched alkanes of at least 4 members (excludes halogenated alkanes) is 1. The van der Waals surface area contributed by atoms with Crippen LogP contribution in [0.2, 0.25) is 0 Å². The Kier molecular flexibility index (Phi) is 6.00. The second kappa shape index (κ2) is 7.27. The maximum absolute atomic E-state index is 13.0. The number of halogens is 1. The highest BCUT2D eigenvalue weighted by atomic mass is 19.1. The van der Waals surface area contributed by atoms with Crippen LogP contribution in [0.4, 0.5) is 4.39 Å². The van der Waals surface area contributed by atoms with Gasteiger partial charge in [-0.2, -0.15) is 0 Å². The molecule has 19 heavy (non-hydrogen) atoms. The second-order valence-electron chi connectivity index (χ2n) is 5.39. The summed E-state index contributed by atoms with van der Waals surface area (Å²) in [5, 5.41) is 0. The first-order chi connectivity index (χ1) is 8.97. The summed E-state index contributed by atoms with van der Waals surface area (Å²) in [7, 11) is 1.84. The van der Waals surface area contributed by atoms with E-state index in [-0.39, 0.29) is 23.6 Å². The molecule has 0 aromatic heterocycles. The maximum Gasteiger partial charge on any atom is 0.230 e. The number of likely N-dealkylation sites (N-methyl/N-ethyl adjacent to an activating group) is 1. The zero-order valence-electron chi connectivity index (χ0n) is 12.3. The third kappa shape index (κ3) is 4.34. The van der Waals surface area contributed by atoms with E-state index in [9.17, 15) is 9.18 Å². The molecule has 1 rings (SSSR count). The Balaban J connectivity index is 2.88. The van der Waals surface area contributed by atoms with Crippen molar-refractivity contribution in [3.8, 4) is 0 Å². The third-order valence-corrected chi connectivity index (χ3v) is 3.39. The molecule has 106 valence electrons. The number of hydrogen-bond donors (Lipinski definition) is 0. The van der Waals surface area contributed by atoms with Gasteiger partial charge in [0.2, 0.25) is 5.91 Å². The Hall–Kier alpha value is -1.38. The Morgan fingerprint density at radius 3 is 2.32 bits per heavy atom. The summed E-state index contributed by atoms with van der Waals surface area (Å²) in [6.45, 7) is 6.94. The van der Waals surface area contributed by atoms with Crippen molar-refractivity contribution >= 4 is 5.91 Å². The second-order valence-corrected chi connectivity index (χ2v) is 5.39. The zero-order valence-corrected chi connectivity index (χ0v) is 12.3. The number of rotatable bonds is 6. The molecule has 0 aliphatic heterocycles. The summed E-state index contributed by atoms with van der Waals surface area (Å²) in [4.78, 5) is 14.3. The summed E-state index contributed by atoms with van der Waals surface area (Å²) in [6.07, 6.45) is 2.08. The molecule has 0 radical (unpaired) electrons. The summed E-state index contributed by atoms with van der Waals surface area (Å²) >= 11 is 0. The third-order valence-electron chi connectivity index (χ3n) is 3.39. The number of benzene rings is 1. The molecule has 0 saturated carbocycles. The van der Waals surface area contributed by atoms with Crippen LogP contribution in [0.25, 0.3) is 0 Å². The highest BCUT2D eigenvalue weighted by Gasteiger charge is 2.26. The van der Waals surface area contributed by atoms with Crippen LogP contribution in [0.5, 0.6) is 0 Å². The van der Waals surface area contributed by atoms with Crippen molar-refractivity contribution in [2.75, 3.05) is 13.6 Å². The lowest BCUT2D eigenvalue weighted by Gasteiger charge is -2.26. The zero-order chi connectivity index (χ0) is 14.4. The fourth-order valence-corrected chi connectivity index (χ4v) is 2.23. The van der Waals surface area contributed by atoms with E-state index in [0.29, 0.717) is 0 Å². The molecular weight excluding hydrogens is 241 g/mol. The summed E-state index contributed by atoms with van der Waals surface area (Å²) < 4.78 is 13.0. The van der Waals surface area contributed by atoms with Gasteiger partial charge in [0.15, 0.2) is 0 Å². The quantitative estimate of drug-likeness (QED) is 0.765. The van der Waals surface area contributed by atoms with Gasteiger partial charge in [0, 0.05) is 13.6 Å². The first kappa shape index (κ1) is 15.7. The molecule has 1 amide bonds. The van der Waals surface area contributed by atoms with Crippen molar-refractivity contribution in [3.05, 3.63) is 35.6 Å². The van der Waals surface area contributed by atoms with E-state index < -0.39 is 0 Å². The van der Waals surface area contributed by atoms with Gasteiger partial charge in [0.25, 0.3) is 0 Å². The minimum Gasteiger partial charge on any atom is -0.345 e. The molecule has 0 saturated heterocycles. The highest BCUT2D eigenvalue weighted by molar-refractivity contribution is 5.83. The normalized spacial score (nSPS) is 12.5. The van der Waals surface area contributed by atoms with Crippen LogP contribution in [0.1, 0.15) is 45.1 Å². The van der Waals surface area contributed by atoms with Crippen molar-refractivity contribution < 1.29 is 9.18 Å². The van der Waals surface area contributed by atoms with Crippen LogP contribution in [0, 0.1) is 11.7 Å². The van der Waals surface area contributed by atoms with Gasteiger partial charge >= 0.3 is 0 Å². The van der Waals surface area contributed by atoms with Gasteiger partial charge < -0.3 is 4.90 Å². The van der Waals surface area contributed by atoms with E-state index >= 15 is 0 Å². The topological polar surface area (TPSA) is 20.3 Å². The van der Waals surface area contributed by atoms with Crippen molar-refractivity contribution in [3.63, 3.8) is 0 Å². The number of carbonyl (C=O) groups is 1. The molecule has 0 aliphatic rings. The molecule has 0 spiro atoms. The number of carbonyl (C=O) groups excluding carboxylic acids is 1. The Morgan fingerprint density at radius 2 is 1.84 bits per heavy atom. The molecule has 1 aromatic carbocycles.